The van der Waals surface area contributed by atoms with Crippen molar-refractivity contribution in [3.8, 4) is 0 Å². The summed E-state index contributed by atoms with van der Waals surface area (Å²) in [6.07, 6.45) is 0. The molecule has 0 aromatic heterocycles. The van der Waals surface area contributed by atoms with Gasteiger partial charge in [-0.1, -0.05) is 18.2 Å². The Kier molecular flexibility index (Phi) is 2.01. The second kappa shape index (κ2) is 3.52. The van der Waals surface area contributed by atoms with Gasteiger partial charge in [0, 0.05) is 0 Å². The first-order valence-corrected chi connectivity index (χ1v) is 5.31. The molecule has 0 saturated heterocycles. The number of carbonyl (C=O) groups excluding carboxylic acids is 1. The highest BCUT2D eigenvalue weighted by Gasteiger charge is 2.18. The molecule has 4 nitrogen and oxygen atoms in total. The Morgan fingerprint density at radius 1 is 0.882 bits per heavy atom. The zero-order valence-corrected chi connectivity index (χ0v) is 9.03. The first-order chi connectivity index (χ1) is 8.25. The number of benzene rings is 2. The highest BCUT2D eigenvalue weighted by atomic mass is 16.1. The van der Waals surface area contributed by atoms with Crippen molar-refractivity contribution in [2.45, 2.75) is 0 Å². The van der Waals surface area contributed by atoms with Gasteiger partial charge in [-0.25, -0.2) is 0 Å². The number of carbonyl (C=O) groups is 1. The Balaban J connectivity index is 2.15. The van der Waals surface area contributed by atoms with E-state index < -0.39 is 5.91 Å². The normalized spacial score (nSPS) is 11.8. The minimum atomic E-state index is -0.435. The van der Waals surface area contributed by atoms with E-state index in [0.717, 1.165) is 22.7 Å². The van der Waals surface area contributed by atoms with Crippen LogP contribution in [0.3, 0.4) is 0 Å². The summed E-state index contributed by atoms with van der Waals surface area (Å²) in [6, 6.07) is 13.2. The van der Waals surface area contributed by atoms with Gasteiger partial charge in [0.15, 0.2) is 0 Å². The number of amides is 1. The second-order valence-corrected chi connectivity index (χ2v) is 3.89. The molecule has 17 heavy (non-hydrogen) atoms. The molecule has 0 atom stereocenters. The molecule has 0 fully saturated rings. The first kappa shape index (κ1) is 9.72. The average molecular weight is 225 g/mol. The minimum absolute atomic E-state index is 0.435. The molecule has 1 heterocycles. The molecular weight excluding hydrogens is 214 g/mol. The summed E-state index contributed by atoms with van der Waals surface area (Å²) in [5, 5.41) is 6.49. The Morgan fingerprint density at radius 3 is 2.24 bits per heavy atom. The predicted octanol–water partition coefficient (Wildman–Crippen LogP) is 2.59. The maximum absolute atomic E-state index is 11.3. The van der Waals surface area contributed by atoms with Gasteiger partial charge in [-0.05, 0) is 24.3 Å². The van der Waals surface area contributed by atoms with Gasteiger partial charge in [-0.15, -0.1) is 0 Å². The lowest BCUT2D eigenvalue weighted by Crippen LogP contribution is -2.16. The molecule has 0 bridgehead atoms. The fourth-order valence-corrected chi connectivity index (χ4v) is 1.98. The van der Waals surface area contributed by atoms with Crippen molar-refractivity contribution < 1.29 is 4.79 Å². The van der Waals surface area contributed by atoms with Gasteiger partial charge in [-0.3, -0.25) is 4.79 Å². The van der Waals surface area contributed by atoms with Crippen molar-refractivity contribution in [1.29, 1.82) is 0 Å². The zero-order chi connectivity index (χ0) is 11.8. The van der Waals surface area contributed by atoms with Crippen LogP contribution in [0.15, 0.2) is 42.5 Å². The Labute approximate surface area is 98.4 Å². The summed E-state index contributed by atoms with van der Waals surface area (Å²) < 4.78 is 0. The first-order valence-electron chi connectivity index (χ1n) is 5.31. The monoisotopic (exact) mass is 225 g/mol. The summed E-state index contributed by atoms with van der Waals surface area (Å²) in [4.78, 5) is 11.3. The van der Waals surface area contributed by atoms with Gasteiger partial charge in [0.25, 0.3) is 5.91 Å². The molecule has 0 aliphatic carbocycles. The van der Waals surface area contributed by atoms with Gasteiger partial charge < -0.3 is 16.4 Å². The van der Waals surface area contributed by atoms with Crippen LogP contribution in [0.1, 0.15) is 10.4 Å². The van der Waals surface area contributed by atoms with E-state index in [2.05, 4.69) is 10.6 Å². The molecule has 4 heteroatoms. The molecule has 1 amide bonds. The summed E-state index contributed by atoms with van der Waals surface area (Å²) in [7, 11) is 0. The van der Waals surface area contributed by atoms with Crippen LogP contribution >= 0.6 is 0 Å². The molecule has 3 rings (SSSR count). The molecule has 0 radical (unpaired) electrons. The summed E-state index contributed by atoms with van der Waals surface area (Å²) in [6.45, 7) is 0. The molecule has 84 valence electrons. The van der Waals surface area contributed by atoms with Crippen LogP contribution in [0.2, 0.25) is 0 Å². The van der Waals surface area contributed by atoms with Crippen molar-refractivity contribution in [2.24, 2.45) is 5.73 Å². The van der Waals surface area contributed by atoms with Crippen LogP contribution in [-0.2, 0) is 0 Å². The summed E-state index contributed by atoms with van der Waals surface area (Å²) in [5.41, 5.74) is 9.36. The van der Waals surface area contributed by atoms with E-state index in [-0.39, 0.29) is 0 Å². The summed E-state index contributed by atoms with van der Waals surface area (Å²) in [5.74, 6) is -0.435. The third kappa shape index (κ3) is 1.50. The topological polar surface area (TPSA) is 67.2 Å². The number of anilines is 4. The molecule has 1 aliphatic rings. The highest BCUT2D eigenvalue weighted by Crippen LogP contribution is 2.39. The number of para-hydroxylation sites is 3. The standard InChI is InChI=1S/C13H11N3O/c14-13(17)8-4-3-7-11-12(8)16-10-6-2-1-5-9(10)15-11/h1-7,15-16H,(H2,14,17). The van der Waals surface area contributed by atoms with E-state index in [1.54, 1.807) is 6.07 Å². The summed E-state index contributed by atoms with van der Waals surface area (Å²) >= 11 is 0. The fourth-order valence-electron chi connectivity index (χ4n) is 1.98. The maximum atomic E-state index is 11.3. The van der Waals surface area contributed by atoms with Crippen molar-refractivity contribution in [3.63, 3.8) is 0 Å². The third-order valence-corrected chi connectivity index (χ3v) is 2.79. The van der Waals surface area contributed by atoms with Crippen molar-refractivity contribution in [2.75, 3.05) is 10.6 Å². The molecule has 1 aliphatic heterocycles. The van der Waals surface area contributed by atoms with Crippen molar-refractivity contribution in [1.82, 2.24) is 0 Å². The van der Waals surface area contributed by atoms with Crippen LogP contribution in [0.5, 0.6) is 0 Å². The lowest BCUT2D eigenvalue weighted by Gasteiger charge is -2.24. The average Bonchev–Trinajstić information content (AvgIpc) is 2.35. The van der Waals surface area contributed by atoms with Crippen LogP contribution < -0.4 is 16.4 Å². The molecular formula is C13H11N3O. The van der Waals surface area contributed by atoms with E-state index in [4.69, 9.17) is 5.73 Å². The second-order valence-electron chi connectivity index (χ2n) is 3.89. The minimum Gasteiger partial charge on any atom is -0.366 e. The van der Waals surface area contributed by atoms with Gasteiger partial charge in [0.1, 0.15) is 0 Å². The number of fused-ring (bicyclic) bond motifs is 2. The van der Waals surface area contributed by atoms with Crippen LogP contribution in [0.25, 0.3) is 0 Å². The quantitative estimate of drug-likeness (QED) is 0.596. The largest absolute Gasteiger partial charge is 0.366 e. The number of nitrogens with two attached hydrogens (primary N) is 1. The molecule has 0 saturated carbocycles. The van der Waals surface area contributed by atoms with Gasteiger partial charge >= 0.3 is 0 Å². The van der Waals surface area contributed by atoms with Crippen molar-refractivity contribution >= 4 is 28.7 Å². The van der Waals surface area contributed by atoms with E-state index >= 15 is 0 Å². The van der Waals surface area contributed by atoms with Crippen LogP contribution in [-0.4, -0.2) is 5.91 Å². The number of primary amides is 1. The predicted molar refractivity (Wildman–Crippen MR) is 68.0 cm³/mol. The number of hydrogen-bond donors (Lipinski definition) is 3. The smallest absolute Gasteiger partial charge is 0.250 e. The van der Waals surface area contributed by atoms with E-state index in [1.165, 1.54) is 0 Å². The van der Waals surface area contributed by atoms with E-state index in [1.807, 2.05) is 36.4 Å². The molecule has 0 unspecified atom stereocenters. The van der Waals surface area contributed by atoms with E-state index in [0.29, 0.717) is 5.56 Å². The van der Waals surface area contributed by atoms with Crippen LogP contribution in [0.4, 0.5) is 22.7 Å². The van der Waals surface area contributed by atoms with Gasteiger partial charge in [0.05, 0.1) is 28.3 Å². The SMILES string of the molecule is NC(=O)c1cccc2c1Nc1ccccc1N2. The Bertz CT molecular complexity index is 607. The number of hydrogen-bond acceptors (Lipinski definition) is 3. The van der Waals surface area contributed by atoms with Crippen LogP contribution in [0, 0.1) is 0 Å². The Hall–Kier alpha value is -2.49. The maximum Gasteiger partial charge on any atom is 0.250 e. The molecule has 2 aromatic rings. The molecule has 2 aromatic carbocycles. The molecule has 0 spiro atoms. The number of rotatable bonds is 1. The zero-order valence-electron chi connectivity index (χ0n) is 9.03. The third-order valence-electron chi connectivity index (χ3n) is 2.79. The van der Waals surface area contributed by atoms with Gasteiger partial charge in [-0.2, -0.15) is 0 Å². The molecule has 4 N–H and O–H groups in total. The fraction of sp³-hybridized carbons (Fsp3) is 0. The van der Waals surface area contributed by atoms with Gasteiger partial charge in [0.2, 0.25) is 0 Å². The van der Waals surface area contributed by atoms with Crippen molar-refractivity contribution in [3.05, 3.63) is 48.0 Å². The Morgan fingerprint density at radius 2 is 1.53 bits per heavy atom. The number of nitrogens with one attached hydrogen (secondary N) is 2. The van der Waals surface area contributed by atoms with E-state index in [9.17, 15) is 4.79 Å². The highest BCUT2D eigenvalue weighted by molar-refractivity contribution is 6.05. The lowest BCUT2D eigenvalue weighted by molar-refractivity contribution is 0.100. The lowest BCUT2D eigenvalue weighted by atomic mass is 10.1.